The molecule has 0 aromatic heterocycles. The lowest BCUT2D eigenvalue weighted by Gasteiger charge is -2.13. The van der Waals surface area contributed by atoms with Crippen molar-refractivity contribution in [2.75, 3.05) is 11.9 Å². The number of halogens is 3. The summed E-state index contributed by atoms with van der Waals surface area (Å²) in [4.78, 5) is 12.1. The van der Waals surface area contributed by atoms with Crippen LogP contribution in [0.5, 0.6) is 5.75 Å². The number of benzene rings is 2. The predicted molar refractivity (Wildman–Crippen MR) is 108 cm³/mol. The second-order valence-electron chi connectivity index (χ2n) is 5.90. The first kappa shape index (κ1) is 20.1. The molecule has 2 aromatic carbocycles. The Morgan fingerprint density at radius 2 is 1.88 bits per heavy atom. The number of carbonyl (C=O) groups is 1. The largest absolute Gasteiger partial charge is 0.492 e. The highest BCUT2D eigenvalue weighted by molar-refractivity contribution is 9.10. The van der Waals surface area contributed by atoms with Gasteiger partial charge in [0.2, 0.25) is 5.91 Å². The summed E-state index contributed by atoms with van der Waals surface area (Å²) in [6.45, 7) is 6.25. The van der Waals surface area contributed by atoms with E-state index in [2.05, 4.69) is 21.2 Å². The van der Waals surface area contributed by atoms with Crippen molar-refractivity contribution in [2.24, 2.45) is 0 Å². The van der Waals surface area contributed by atoms with Crippen LogP contribution < -0.4 is 10.1 Å². The van der Waals surface area contributed by atoms with E-state index in [4.69, 9.17) is 27.9 Å². The van der Waals surface area contributed by atoms with Gasteiger partial charge in [0.15, 0.2) is 0 Å². The van der Waals surface area contributed by atoms with E-state index in [9.17, 15) is 4.79 Å². The Kier molecular flexibility index (Phi) is 7.17. The van der Waals surface area contributed by atoms with E-state index in [1.165, 1.54) is 0 Å². The highest BCUT2D eigenvalue weighted by Crippen LogP contribution is 2.35. The smallest absolute Gasteiger partial charge is 0.224 e. The summed E-state index contributed by atoms with van der Waals surface area (Å²) in [5, 5.41) is 4.21. The minimum absolute atomic E-state index is 0.0588. The first-order valence-electron chi connectivity index (χ1n) is 7.93. The average Bonchev–Trinajstić information content (AvgIpc) is 2.57. The van der Waals surface area contributed by atoms with Crippen molar-refractivity contribution in [2.45, 2.75) is 33.6 Å². The number of anilines is 1. The Labute approximate surface area is 166 Å². The quantitative estimate of drug-likeness (QED) is 0.517. The Morgan fingerprint density at radius 1 is 1.16 bits per heavy atom. The number of amides is 1. The van der Waals surface area contributed by atoms with Crippen LogP contribution in [-0.4, -0.2) is 12.5 Å². The molecule has 0 aliphatic carbocycles. The molecule has 0 spiro atoms. The van der Waals surface area contributed by atoms with Crippen LogP contribution in [0, 0.1) is 20.8 Å². The van der Waals surface area contributed by atoms with E-state index in [0.29, 0.717) is 24.5 Å². The van der Waals surface area contributed by atoms with Gasteiger partial charge in [0.1, 0.15) is 5.75 Å². The molecule has 0 aliphatic heterocycles. The van der Waals surface area contributed by atoms with Gasteiger partial charge in [0.05, 0.1) is 11.1 Å². The van der Waals surface area contributed by atoms with Gasteiger partial charge >= 0.3 is 0 Å². The molecule has 0 bridgehead atoms. The summed E-state index contributed by atoms with van der Waals surface area (Å²) in [5.41, 5.74) is 3.63. The number of aryl methyl sites for hydroxylation is 2. The van der Waals surface area contributed by atoms with Gasteiger partial charge in [-0.05, 0) is 78.0 Å². The number of rotatable bonds is 6. The Balaban J connectivity index is 1.85. The van der Waals surface area contributed by atoms with E-state index < -0.39 is 0 Å². The molecule has 0 radical (unpaired) electrons. The van der Waals surface area contributed by atoms with Gasteiger partial charge in [-0.1, -0.05) is 29.3 Å². The second kappa shape index (κ2) is 8.93. The van der Waals surface area contributed by atoms with Gasteiger partial charge in [-0.2, -0.15) is 0 Å². The van der Waals surface area contributed by atoms with Crippen LogP contribution >= 0.6 is 39.1 Å². The van der Waals surface area contributed by atoms with E-state index in [0.717, 1.165) is 37.6 Å². The van der Waals surface area contributed by atoms with Crippen LogP contribution in [0.4, 0.5) is 5.69 Å². The summed E-state index contributed by atoms with van der Waals surface area (Å²) in [5.74, 6) is 0.682. The molecule has 3 nitrogen and oxygen atoms in total. The SMILES string of the molecule is Cc1ccc(Cl)cc1NC(=O)CCCOc1cc(C)c(Cl)c(C)c1Br. The fourth-order valence-electron chi connectivity index (χ4n) is 2.36. The minimum atomic E-state index is -0.0588. The number of carbonyl (C=O) groups excluding carboxylic acids is 1. The van der Waals surface area contributed by atoms with Crippen molar-refractivity contribution in [1.29, 1.82) is 0 Å². The van der Waals surface area contributed by atoms with Crippen LogP contribution in [0.1, 0.15) is 29.5 Å². The van der Waals surface area contributed by atoms with Crippen LogP contribution in [0.25, 0.3) is 0 Å². The molecule has 2 aromatic rings. The van der Waals surface area contributed by atoms with Gasteiger partial charge in [-0.25, -0.2) is 0 Å². The number of ether oxygens (including phenoxy) is 1. The number of hydrogen-bond acceptors (Lipinski definition) is 2. The molecule has 134 valence electrons. The van der Waals surface area contributed by atoms with Crippen molar-refractivity contribution < 1.29 is 9.53 Å². The van der Waals surface area contributed by atoms with Crippen molar-refractivity contribution >= 4 is 50.7 Å². The molecule has 0 saturated carbocycles. The molecule has 0 saturated heterocycles. The molecule has 2 rings (SSSR count). The summed E-state index contributed by atoms with van der Waals surface area (Å²) < 4.78 is 6.64. The first-order valence-corrected chi connectivity index (χ1v) is 9.48. The molecule has 6 heteroatoms. The number of nitrogens with one attached hydrogen (secondary N) is 1. The van der Waals surface area contributed by atoms with Crippen LogP contribution in [-0.2, 0) is 4.79 Å². The fraction of sp³-hybridized carbons (Fsp3) is 0.316. The first-order chi connectivity index (χ1) is 11.8. The van der Waals surface area contributed by atoms with Gasteiger partial charge in [0.25, 0.3) is 0 Å². The standard InChI is InChI=1S/C19H20BrCl2NO2/c1-11-6-7-14(21)10-15(11)23-17(24)5-4-8-25-16-9-12(2)19(22)13(3)18(16)20/h6-7,9-10H,4-5,8H2,1-3H3,(H,23,24). The topological polar surface area (TPSA) is 38.3 Å². The molecule has 1 N–H and O–H groups in total. The Bertz CT molecular complexity index is 793. The van der Waals surface area contributed by atoms with E-state index in [1.807, 2.05) is 32.9 Å². The lowest BCUT2D eigenvalue weighted by Crippen LogP contribution is -2.13. The van der Waals surface area contributed by atoms with Gasteiger partial charge < -0.3 is 10.1 Å². The third-order valence-corrected chi connectivity index (χ3v) is 5.65. The summed E-state index contributed by atoms with van der Waals surface area (Å²) in [7, 11) is 0. The van der Waals surface area contributed by atoms with Crippen molar-refractivity contribution in [3.63, 3.8) is 0 Å². The van der Waals surface area contributed by atoms with E-state index in [-0.39, 0.29) is 5.91 Å². The third-order valence-electron chi connectivity index (χ3n) is 3.85. The van der Waals surface area contributed by atoms with Crippen LogP contribution in [0.3, 0.4) is 0 Å². The van der Waals surface area contributed by atoms with E-state index in [1.54, 1.807) is 12.1 Å². The number of hydrogen-bond donors (Lipinski definition) is 1. The highest BCUT2D eigenvalue weighted by atomic mass is 79.9. The zero-order valence-electron chi connectivity index (χ0n) is 14.4. The fourth-order valence-corrected chi connectivity index (χ4v) is 3.22. The lowest BCUT2D eigenvalue weighted by molar-refractivity contribution is -0.116. The highest BCUT2D eigenvalue weighted by Gasteiger charge is 2.11. The maximum atomic E-state index is 12.1. The van der Waals surface area contributed by atoms with Crippen molar-refractivity contribution in [1.82, 2.24) is 0 Å². The second-order valence-corrected chi connectivity index (χ2v) is 7.51. The lowest BCUT2D eigenvalue weighted by atomic mass is 10.1. The molecule has 0 fully saturated rings. The molecule has 0 aliphatic rings. The molecular weight excluding hydrogens is 425 g/mol. The Hall–Kier alpha value is -1.23. The molecule has 0 unspecified atom stereocenters. The van der Waals surface area contributed by atoms with Crippen LogP contribution in [0.2, 0.25) is 10.0 Å². The van der Waals surface area contributed by atoms with E-state index >= 15 is 0 Å². The van der Waals surface area contributed by atoms with Crippen molar-refractivity contribution in [3.05, 3.63) is 55.5 Å². The van der Waals surface area contributed by atoms with Crippen molar-refractivity contribution in [3.8, 4) is 5.75 Å². The molecule has 25 heavy (non-hydrogen) atoms. The van der Waals surface area contributed by atoms with Crippen LogP contribution in [0.15, 0.2) is 28.7 Å². The maximum absolute atomic E-state index is 12.1. The molecule has 0 atom stereocenters. The predicted octanol–water partition coefficient (Wildman–Crippen LogP) is 6.48. The third kappa shape index (κ3) is 5.37. The molecule has 0 heterocycles. The minimum Gasteiger partial charge on any atom is -0.492 e. The maximum Gasteiger partial charge on any atom is 0.224 e. The van der Waals surface area contributed by atoms with Gasteiger partial charge in [0, 0.05) is 22.2 Å². The van der Waals surface area contributed by atoms with Gasteiger partial charge in [-0.3, -0.25) is 4.79 Å². The zero-order valence-corrected chi connectivity index (χ0v) is 17.5. The normalized spacial score (nSPS) is 10.6. The summed E-state index contributed by atoms with van der Waals surface area (Å²) >= 11 is 15.7. The Morgan fingerprint density at radius 3 is 2.60 bits per heavy atom. The zero-order chi connectivity index (χ0) is 18.6. The monoisotopic (exact) mass is 443 g/mol. The molecule has 1 amide bonds. The summed E-state index contributed by atoms with van der Waals surface area (Å²) in [6, 6.07) is 7.33. The average molecular weight is 445 g/mol. The summed E-state index contributed by atoms with van der Waals surface area (Å²) in [6.07, 6.45) is 0.980. The van der Waals surface area contributed by atoms with Gasteiger partial charge in [-0.15, -0.1) is 0 Å². The molecular formula is C19H20BrCl2NO2.